The highest BCUT2D eigenvalue weighted by Gasteiger charge is 2.45. The standard InChI is InChI=1S/C33H36N2O5/c1-15-5-19-9-21(29(36)23-7-17(3)13-34(11-15)27(19)23)25-31(38)26(33(40)32(25)39)22-10-20-6-16(2)12-35-14-18(4)8-24(28(20)35)30(22)37/h9-10,15-18,36,38H,5-8,11-14H2,1-4H3/b26-22-. The molecule has 7 rings (SSSR count). The highest BCUT2D eigenvalue weighted by Crippen LogP contribution is 2.49. The van der Waals surface area contributed by atoms with Gasteiger partial charge in [0.1, 0.15) is 11.5 Å². The van der Waals surface area contributed by atoms with Gasteiger partial charge in [0.05, 0.1) is 11.1 Å². The van der Waals surface area contributed by atoms with Crippen LogP contribution in [0.3, 0.4) is 0 Å². The van der Waals surface area contributed by atoms with Crippen LogP contribution in [0.4, 0.5) is 5.69 Å². The smallest absolute Gasteiger partial charge is 0.238 e. The van der Waals surface area contributed by atoms with E-state index in [2.05, 4.69) is 37.5 Å². The number of phenolic OH excluding ortho intramolecular Hbond substituents is 1. The van der Waals surface area contributed by atoms with Crippen molar-refractivity contribution in [2.45, 2.75) is 53.4 Å². The number of Topliss-reactive ketones (excluding diaryl/α,β-unsaturated/α-hetero) is 3. The molecule has 0 aromatic heterocycles. The van der Waals surface area contributed by atoms with Gasteiger partial charge in [-0.15, -0.1) is 0 Å². The zero-order chi connectivity index (χ0) is 28.2. The lowest BCUT2D eigenvalue weighted by atomic mass is 9.76. The number of nitrogens with zero attached hydrogens (tertiary/aromatic N) is 2. The molecule has 40 heavy (non-hydrogen) atoms. The molecule has 0 bridgehead atoms. The van der Waals surface area contributed by atoms with Crippen molar-refractivity contribution in [2.75, 3.05) is 31.1 Å². The van der Waals surface area contributed by atoms with Gasteiger partial charge < -0.3 is 20.0 Å². The summed E-state index contributed by atoms with van der Waals surface area (Å²) in [7, 11) is 0. The molecule has 4 aliphatic heterocycles. The zero-order valence-corrected chi connectivity index (χ0v) is 23.6. The van der Waals surface area contributed by atoms with Crippen LogP contribution in [-0.4, -0.2) is 58.6 Å². The first-order chi connectivity index (χ1) is 19.0. The van der Waals surface area contributed by atoms with Gasteiger partial charge >= 0.3 is 0 Å². The molecule has 2 N–H and O–H groups in total. The van der Waals surface area contributed by atoms with Crippen molar-refractivity contribution < 1.29 is 24.6 Å². The Labute approximate surface area is 234 Å². The van der Waals surface area contributed by atoms with Gasteiger partial charge in [0.15, 0.2) is 5.78 Å². The number of aliphatic hydroxyl groups is 1. The molecule has 0 saturated carbocycles. The van der Waals surface area contributed by atoms with E-state index in [-0.39, 0.29) is 39.7 Å². The van der Waals surface area contributed by atoms with Gasteiger partial charge in [0.25, 0.3) is 0 Å². The minimum absolute atomic E-state index is 0.0463. The van der Waals surface area contributed by atoms with E-state index in [9.17, 15) is 24.6 Å². The van der Waals surface area contributed by atoms with Crippen LogP contribution >= 0.6 is 0 Å². The van der Waals surface area contributed by atoms with Crippen LogP contribution in [0.5, 0.6) is 5.75 Å². The first-order valence-electron chi connectivity index (χ1n) is 14.7. The fraction of sp³-hybridized carbons (Fsp3) is 0.485. The summed E-state index contributed by atoms with van der Waals surface area (Å²) in [4.78, 5) is 45.5. The van der Waals surface area contributed by atoms with Crippen molar-refractivity contribution in [1.82, 2.24) is 4.90 Å². The van der Waals surface area contributed by atoms with Gasteiger partial charge in [-0.25, -0.2) is 0 Å². The molecule has 4 heterocycles. The van der Waals surface area contributed by atoms with Crippen LogP contribution in [0.25, 0.3) is 5.57 Å². The Morgan fingerprint density at radius 1 is 0.725 bits per heavy atom. The predicted molar refractivity (Wildman–Crippen MR) is 152 cm³/mol. The number of aromatic hydroxyl groups is 1. The molecule has 4 unspecified atom stereocenters. The lowest BCUT2D eigenvalue weighted by molar-refractivity contribution is -0.130. The van der Waals surface area contributed by atoms with E-state index in [1.165, 1.54) is 0 Å². The summed E-state index contributed by atoms with van der Waals surface area (Å²) in [6.07, 6.45) is 4.56. The quantitative estimate of drug-likeness (QED) is 0.401. The molecule has 208 valence electrons. The highest BCUT2D eigenvalue weighted by molar-refractivity contribution is 6.63. The Balaban J connectivity index is 1.41. The molecule has 7 heteroatoms. The van der Waals surface area contributed by atoms with Crippen molar-refractivity contribution >= 4 is 28.6 Å². The molecule has 0 spiro atoms. The molecule has 1 fully saturated rings. The number of phenols is 1. The average Bonchev–Trinajstić information content (AvgIpc) is 3.09. The molecule has 1 aromatic carbocycles. The van der Waals surface area contributed by atoms with Gasteiger partial charge in [-0.2, -0.15) is 0 Å². The van der Waals surface area contributed by atoms with Crippen molar-refractivity contribution in [3.8, 4) is 5.75 Å². The topological polar surface area (TPSA) is 98.1 Å². The monoisotopic (exact) mass is 540 g/mol. The predicted octanol–water partition coefficient (Wildman–Crippen LogP) is 4.45. The van der Waals surface area contributed by atoms with E-state index in [0.717, 1.165) is 67.1 Å². The Morgan fingerprint density at radius 2 is 1.32 bits per heavy atom. The highest BCUT2D eigenvalue weighted by atomic mass is 16.3. The molecule has 6 aliphatic rings. The van der Waals surface area contributed by atoms with Crippen molar-refractivity contribution in [2.24, 2.45) is 23.7 Å². The van der Waals surface area contributed by atoms with E-state index in [1.54, 1.807) is 12.1 Å². The number of carbonyl (C=O) groups excluding carboxylic acids is 3. The second kappa shape index (κ2) is 8.69. The number of benzene rings is 1. The number of hydrogen-bond donors (Lipinski definition) is 2. The maximum absolute atomic E-state index is 13.9. The molecule has 4 atom stereocenters. The normalized spacial score (nSPS) is 31.6. The van der Waals surface area contributed by atoms with E-state index in [4.69, 9.17) is 0 Å². The molecular formula is C33H36N2O5. The summed E-state index contributed by atoms with van der Waals surface area (Å²) < 4.78 is 0. The number of ketones is 3. The first-order valence-corrected chi connectivity index (χ1v) is 14.7. The van der Waals surface area contributed by atoms with Crippen molar-refractivity contribution in [1.29, 1.82) is 0 Å². The summed E-state index contributed by atoms with van der Waals surface area (Å²) in [5.74, 6) is -1.18. The maximum atomic E-state index is 13.9. The Hall–Kier alpha value is -3.61. The minimum Gasteiger partial charge on any atom is -0.507 e. The number of aliphatic hydroxyl groups excluding tert-OH is 1. The summed E-state index contributed by atoms with van der Waals surface area (Å²) >= 11 is 0. The van der Waals surface area contributed by atoms with Crippen LogP contribution in [0.2, 0.25) is 0 Å². The van der Waals surface area contributed by atoms with E-state index in [0.29, 0.717) is 36.2 Å². The minimum atomic E-state index is -0.879. The average molecular weight is 541 g/mol. The maximum Gasteiger partial charge on any atom is 0.238 e. The summed E-state index contributed by atoms with van der Waals surface area (Å²) in [5, 5.41) is 23.0. The van der Waals surface area contributed by atoms with Crippen molar-refractivity contribution in [3.05, 3.63) is 62.6 Å². The van der Waals surface area contributed by atoms with Gasteiger partial charge in [0, 0.05) is 59.8 Å². The van der Waals surface area contributed by atoms with Gasteiger partial charge in [-0.3, -0.25) is 14.4 Å². The first kappa shape index (κ1) is 25.4. The fourth-order valence-electron chi connectivity index (χ4n) is 8.20. The number of rotatable bonds is 1. The molecule has 0 radical (unpaired) electrons. The second-order valence-corrected chi connectivity index (χ2v) is 13.3. The van der Waals surface area contributed by atoms with Gasteiger partial charge in [-0.05, 0) is 72.6 Å². The lowest BCUT2D eigenvalue weighted by Crippen LogP contribution is -2.43. The molecule has 2 aliphatic carbocycles. The number of anilines is 1. The molecule has 1 saturated heterocycles. The van der Waals surface area contributed by atoms with Crippen molar-refractivity contribution in [3.63, 3.8) is 0 Å². The Kier molecular flexibility index (Phi) is 5.51. The van der Waals surface area contributed by atoms with Crippen LogP contribution in [0, 0.1) is 23.7 Å². The van der Waals surface area contributed by atoms with Gasteiger partial charge in [-0.1, -0.05) is 27.7 Å². The Morgan fingerprint density at radius 3 is 2.05 bits per heavy atom. The van der Waals surface area contributed by atoms with E-state index < -0.39 is 17.3 Å². The molecule has 7 nitrogen and oxygen atoms in total. The molecular weight excluding hydrogens is 504 g/mol. The lowest BCUT2D eigenvalue weighted by Gasteiger charge is -2.44. The fourth-order valence-corrected chi connectivity index (χ4v) is 8.20. The third-order valence-electron chi connectivity index (χ3n) is 9.55. The second-order valence-electron chi connectivity index (χ2n) is 13.3. The molecule has 0 amide bonds. The summed E-state index contributed by atoms with van der Waals surface area (Å²) in [5.41, 5.74) is 5.37. The molecule has 1 aromatic rings. The third kappa shape index (κ3) is 3.52. The largest absolute Gasteiger partial charge is 0.507 e. The zero-order valence-electron chi connectivity index (χ0n) is 23.6. The van der Waals surface area contributed by atoms with Gasteiger partial charge in [0.2, 0.25) is 11.6 Å². The SMILES string of the molecule is CC1CC2=C/C(=C3/C(=O)C(=O)C(c4cc5c6c(c4O)CC(C)CN6CC(C)C5)=C3O)C(=O)C3=C2N(C1)CC(C)C3. The van der Waals surface area contributed by atoms with Crippen LogP contribution < -0.4 is 4.90 Å². The van der Waals surface area contributed by atoms with Crippen LogP contribution in [-0.2, 0) is 27.2 Å². The van der Waals surface area contributed by atoms with Crippen LogP contribution in [0.1, 0.15) is 57.2 Å². The van der Waals surface area contributed by atoms with E-state index >= 15 is 0 Å². The van der Waals surface area contributed by atoms with E-state index in [1.807, 2.05) is 0 Å². The summed E-state index contributed by atoms with van der Waals surface area (Å²) in [6, 6.07) is 1.78. The summed E-state index contributed by atoms with van der Waals surface area (Å²) in [6.45, 7) is 12.2. The number of hydrogen-bond acceptors (Lipinski definition) is 7. The number of piperidine rings is 1. The third-order valence-corrected chi connectivity index (χ3v) is 9.55. The number of allylic oxidation sites excluding steroid dienone is 6. The number of carbonyl (C=O) groups is 3. The Bertz CT molecular complexity index is 1550. The van der Waals surface area contributed by atoms with Crippen LogP contribution in [0.15, 0.2) is 45.9 Å².